The van der Waals surface area contributed by atoms with Crippen molar-refractivity contribution in [2.75, 3.05) is 0 Å². The molecule has 0 aliphatic rings. The van der Waals surface area contributed by atoms with Crippen LogP contribution in [0, 0.1) is 11.3 Å². The molecule has 0 saturated carbocycles. The lowest BCUT2D eigenvalue weighted by molar-refractivity contribution is -0.432. The van der Waals surface area contributed by atoms with Crippen LogP contribution < -0.4 is 0 Å². The van der Waals surface area contributed by atoms with Crippen molar-refractivity contribution in [1.29, 1.82) is 0 Å². The summed E-state index contributed by atoms with van der Waals surface area (Å²) in [4.78, 5) is 44.1. The van der Waals surface area contributed by atoms with Gasteiger partial charge in [0.2, 0.25) is 6.10 Å². The molecule has 0 spiro atoms. The van der Waals surface area contributed by atoms with Crippen LogP contribution in [-0.2, 0) is 29.1 Å². The molecule has 0 saturated heterocycles. The minimum absolute atomic E-state index is 0.723. The lowest BCUT2D eigenvalue weighted by atomic mass is 9.75. The fourth-order valence-electron chi connectivity index (χ4n) is 1.63. The van der Waals surface area contributed by atoms with Crippen LogP contribution in [0.1, 0.15) is 62.3 Å². The molecule has 3 unspecified atom stereocenters. The Morgan fingerprint density at radius 3 is 1.52 bits per heavy atom. The van der Waals surface area contributed by atoms with Gasteiger partial charge < -0.3 is 10.2 Å². The molecule has 0 bridgehead atoms. The van der Waals surface area contributed by atoms with Gasteiger partial charge >= 0.3 is 11.9 Å². The van der Waals surface area contributed by atoms with E-state index >= 15 is 0 Å². The summed E-state index contributed by atoms with van der Waals surface area (Å²) >= 11 is 0. The van der Waals surface area contributed by atoms with E-state index < -0.39 is 46.7 Å². The number of rotatable bonds is 9. The first-order valence-corrected chi connectivity index (χ1v) is 8.14. The highest BCUT2D eigenvalue weighted by molar-refractivity contribution is 5.75. The van der Waals surface area contributed by atoms with Gasteiger partial charge in [-0.25, -0.2) is 24.3 Å². The van der Waals surface area contributed by atoms with E-state index in [1.807, 2.05) is 0 Å². The van der Waals surface area contributed by atoms with Crippen LogP contribution in [0.5, 0.6) is 0 Å². The number of hydrogen-bond acceptors (Lipinski definition) is 6. The second-order valence-corrected chi connectivity index (χ2v) is 8.62. The topological polar surface area (TPSA) is 112 Å². The Kier molecular flexibility index (Phi) is 8.03. The first kappa shape index (κ1) is 23.8. The molecule has 0 rings (SSSR count). The Labute approximate surface area is 149 Å². The van der Waals surface area contributed by atoms with Crippen molar-refractivity contribution in [3.05, 3.63) is 0 Å². The summed E-state index contributed by atoms with van der Waals surface area (Å²) in [6.07, 6.45) is -2.79. The molecule has 8 heteroatoms. The third kappa shape index (κ3) is 8.13. The van der Waals surface area contributed by atoms with Crippen molar-refractivity contribution in [2.24, 2.45) is 11.3 Å². The molecule has 0 aliphatic carbocycles. The third-order valence-corrected chi connectivity index (χ3v) is 3.54. The van der Waals surface area contributed by atoms with Crippen LogP contribution in [0.15, 0.2) is 0 Å². The highest BCUT2D eigenvalue weighted by Crippen LogP contribution is 2.34. The number of carboxylic acid groups (broad SMARTS) is 2. The average Bonchev–Trinajstić information content (AvgIpc) is 2.38. The maximum atomic E-state index is 11.7. The molecule has 0 aromatic heterocycles. The lowest BCUT2D eigenvalue weighted by Crippen LogP contribution is -2.50. The van der Waals surface area contributed by atoms with Gasteiger partial charge in [0.1, 0.15) is 6.10 Å². The maximum absolute atomic E-state index is 11.7. The van der Waals surface area contributed by atoms with Gasteiger partial charge in [-0.2, -0.15) is 0 Å². The molecular weight excluding hydrogens is 332 g/mol. The quantitative estimate of drug-likeness (QED) is 0.474. The number of carbonyl (C=O) groups is 2. The van der Waals surface area contributed by atoms with Gasteiger partial charge in [-0.05, 0) is 55.4 Å². The van der Waals surface area contributed by atoms with Crippen molar-refractivity contribution in [1.82, 2.24) is 0 Å². The summed E-state index contributed by atoms with van der Waals surface area (Å²) < 4.78 is 0. The SMILES string of the molecule is CC(C(OOC(C)(C)C)C(OOC(C)(C)C)C(=O)O)C(C)(C)C(=O)O. The molecule has 8 nitrogen and oxygen atoms in total. The number of carboxylic acids is 2. The molecule has 0 fully saturated rings. The molecular formula is C17H32O8. The standard InChI is InChI=1S/C17H32O8/c1-10(17(8,9)14(20)21)11(22-24-15(2,3)4)12(13(18)19)23-25-16(5,6)7/h10-12H,1-9H3,(H,18,19)(H,20,21). The Morgan fingerprint density at radius 1 is 0.800 bits per heavy atom. The van der Waals surface area contributed by atoms with Crippen molar-refractivity contribution in [2.45, 2.75) is 85.7 Å². The van der Waals surface area contributed by atoms with Crippen LogP contribution in [0.3, 0.4) is 0 Å². The van der Waals surface area contributed by atoms with E-state index in [4.69, 9.17) is 19.6 Å². The summed E-state index contributed by atoms with van der Waals surface area (Å²) in [5.41, 5.74) is -2.77. The zero-order valence-electron chi connectivity index (χ0n) is 16.6. The summed E-state index contributed by atoms with van der Waals surface area (Å²) in [5.74, 6) is -3.21. The Balaban J connectivity index is 5.64. The average molecular weight is 364 g/mol. The zero-order valence-corrected chi connectivity index (χ0v) is 16.6. The van der Waals surface area contributed by atoms with E-state index in [9.17, 15) is 19.8 Å². The largest absolute Gasteiger partial charge is 0.481 e. The van der Waals surface area contributed by atoms with Crippen LogP contribution in [0.4, 0.5) is 0 Å². The predicted octanol–water partition coefficient (Wildman–Crippen LogP) is 3.05. The molecule has 0 aromatic carbocycles. The maximum Gasteiger partial charge on any atom is 0.339 e. The smallest absolute Gasteiger partial charge is 0.339 e. The minimum Gasteiger partial charge on any atom is -0.481 e. The summed E-state index contributed by atoms with van der Waals surface area (Å²) in [6, 6.07) is 0. The van der Waals surface area contributed by atoms with E-state index in [2.05, 4.69) is 0 Å². The van der Waals surface area contributed by atoms with Crippen molar-refractivity contribution >= 4 is 11.9 Å². The Morgan fingerprint density at radius 2 is 1.20 bits per heavy atom. The van der Waals surface area contributed by atoms with E-state index in [1.54, 1.807) is 48.5 Å². The van der Waals surface area contributed by atoms with Crippen LogP contribution >= 0.6 is 0 Å². The second kappa shape index (κ2) is 8.44. The molecule has 2 N–H and O–H groups in total. The Bertz CT molecular complexity index is 458. The van der Waals surface area contributed by atoms with Gasteiger partial charge in [0.25, 0.3) is 0 Å². The first-order valence-electron chi connectivity index (χ1n) is 8.14. The van der Waals surface area contributed by atoms with Crippen LogP contribution in [0.2, 0.25) is 0 Å². The van der Waals surface area contributed by atoms with E-state index in [-0.39, 0.29) is 0 Å². The van der Waals surface area contributed by atoms with Gasteiger partial charge in [0.05, 0.1) is 16.6 Å². The van der Waals surface area contributed by atoms with Gasteiger partial charge in [0, 0.05) is 5.92 Å². The van der Waals surface area contributed by atoms with E-state index in [0.717, 1.165) is 0 Å². The molecule has 0 amide bonds. The molecule has 0 aromatic rings. The normalized spacial score (nSPS) is 17.0. The van der Waals surface area contributed by atoms with Gasteiger partial charge in [0.15, 0.2) is 0 Å². The third-order valence-electron chi connectivity index (χ3n) is 3.54. The highest BCUT2D eigenvalue weighted by Gasteiger charge is 2.47. The Hall–Kier alpha value is -1.22. The van der Waals surface area contributed by atoms with Gasteiger partial charge in [-0.15, -0.1) is 0 Å². The lowest BCUT2D eigenvalue weighted by Gasteiger charge is -2.36. The summed E-state index contributed by atoms with van der Waals surface area (Å²) in [7, 11) is 0. The first-order chi connectivity index (χ1) is 11.0. The van der Waals surface area contributed by atoms with E-state index in [1.165, 1.54) is 13.8 Å². The van der Waals surface area contributed by atoms with E-state index in [0.29, 0.717) is 0 Å². The van der Waals surface area contributed by atoms with Crippen molar-refractivity contribution in [3.8, 4) is 0 Å². The predicted molar refractivity (Wildman–Crippen MR) is 89.6 cm³/mol. The molecule has 0 radical (unpaired) electrons. The monoisotopic (exact) mass is 364 g/mol. The molecule has 148 valence electrons. The minimum atomic E-state index is -1.57. The van der Waals surface area contributed by atoms with Crippen molar-refractivity contribution in [3.63, 3.8) is 0 Å². The molecule has 3 atom stereocenters. The number of hydrogen-bond donors (Lipinski definition) is 2. The second-order valence-electron chi connectivity index (χ2n) is 8.62. The van der Waals surface area contributed by atoms with Crippen molar-refractivity contribution < 1.29 is 39.4 Å². The molecule has 0 aliphatic heterocycles. The molecule has 0 heterocycles. The van der Waals surface area contributed by atoms with Gasteiger partial charge in [-0.1, -0.05) is 6.92 Å². The fourth-order valence-corrected chi connectivity index (χ4v) is 1.63. The summed E-state index contributed by atoms with van der Waals surface area (Å²) in [6.45, 7) is 14.8. The van der Waals surface area contributed by atoms with Crippen LogP contribution in [0.25, 0.3) is 0 Å². The number of aliphatic carboxylic acids is 2. The van der Waals surface area contributed by atoms with Crippen LogP contribution in [-0.4, -0.2) is 45.6 Å². The zero-order chi connectivity index (χ0) is 20.2. The van der Waals surface area contributed by atoms with Gasteiger partial charge in [-0.3, -0.25) is 4.79 Å². The fraction of sp³-hybridized carbons (Fsp3) is 0.882. The summed E-state index contributed by atoms with van der Waals surface area (Å²) in [5, 5.41) is 19.0. The highest BCUT2D eigenvalue weighted by atomic mass is 17.2. The molecule has 25 heavy (non-hydrogen) atoms.